The molecule has 1 amide bonds. The molecule has 0 fully saturated rings. The van der Waals surface area contributed by atoms with Gasteiger partial charge in [-0.1, -0.05) is 30.3 Å². The molecule has 0 spiro atoms. The predicted octanol–water partition coefficient (Wildman–Crippen LogP) is 2.77. The van der Waals surface area contributed by atoms with Gasteiger partial charge in [0.25, 0.3) is 0 Å². The number of fused-ring (bicyclic) bond motifs is 1. The van der Waals surface area contributed by atoms with E-state index in [2.05, 4.69) is 10.3 Å². The van der Waals surface area contributed by atoms with Crippen molar-refractivity contribution in [1.82, 2.24) is 4.98 Å². The summed E-state index contributed by atoms with van der Waals surface area (Å²) in [6, 6.07) is 14.3. The van der Waals surface area contributed by atoms with E-state index in [-0.39, 0.29) is 0 Å². The van der Waals surface area contributed by atoms with Gasteiger partial charge >= 0.3 is 0 Å². The maximum absolute atomic E-state index is 11.7. The van der Waals surface area contributed by atoms with E-state index in [0.717, 1.165) is 16.8 Å². The molecule has 0 aliphatic heterocycles. The minimum absolute atomic E-state index is 0.433. The van der Waals surface area contributed by atoms with Gasteiger partial charge in [-0.3, -0.25) is 4.79 Å². The number of carbonyl (C=O) groups is 1. The van der Waals surface area contributed by atoms with Crippen LogP contribution in [-0.2, 0) is 4.79 Å². The monoisotopic (exact) mass is 281 g/mol. The lowest BCUT2D eigenvalue weighted by Crippen LogP contribution is -2.27. The molecule has 0 aliphatic rings. The number of carbonyl (C=O) groups excluding carboxylic acids is 1. The number of nitrogens with zero attached hydrogens (tertiary/aromatic N) is 1. The standard InChI is InChI=1S/C16H15N3O2/c1-10-18-13-9-12(7-8-14(13)21-10)19-15(16(17)20)11-5-3-2-4-6-11/h2-9,15,19H,1H3,(H2,17,20). The average Bonchev–Trinajstić information content (AvgIpc) is 2.84. The van der Waals surface area contributed by atoms with Gasteiger partial charge in [0, 0.05) is 12.6 Å². The van der Waals surface area contributed by atoms with E-state index >= 15 is 0 Å². The molecule has 0 radical (unpaired) electrons. The van der Waals surface area contributed by atoms with E-state index in [0.29, 0.717) is 11.5 Å². The van der Waals surface area contributed by atoms with Crippen molar-refractivity contribution in [2.75, 3.05) is 5.32 Å². The summed E-state index contributed by atoms with van der Waals surface area (Å²) in [5.74, 6) is 0.175. The van der Waals surface area contributed by atoms with Crippen molar-refractivity contribution < 1.29 is 9.21 Å². The quantitative estimate of drug-likeness (QED) is 0.770. The van der Waals surface area contributed by atoms with Gasteiger partial charge in [-0.15, -0.1) is 0 Å². The Labute approximate surface area is 121 Å². The van der Waals surface area contributed by atoms with Gasteiger partial charge in [-0.2, -0.15) is 0 Å². The lowest BCUT2D eigenvalue weighted by molar-refractivity contribution is -0.118. The van der Waals surface area contributed by atoms with Crippen LogP contribution in [0, 0.1) is 6.92 Å². The molecular formula is C16H15N3O2. The number of hydrogen-bond acceptors (Lipinski definition) is 4. The number of amides is 1. The van der Waals surface area contributed by atoms with E-state index in [1.165, 1.54) is 0 Å². The number of aromatic nitrogens is 1. The van der Waals surface area contributed by atoms with Crippen LogP contribution in [0.5, 0.6) is 0 Å². The summed E-state index contributed by atoms with van der Waals surface area (Å²) in [4.78, 5) is 16.0. The molecular weight excluding hydrogens is 266 g/mol. The Morgan fingerprint density at radius 1 is 1.24 bits per heavy atom. The van der Waals surface area contributed by atoms with E-state index in [1.807, 2.05) is 48.5 Å². The Balaban J connectivity index is 1.92. The third kappa shape index (κ3) is 2.72. The highest BCUT2D eigenvalue weighted by Crippen LogP contribution is 2.23. The average molecular weight is 281 g/mol. The molecule has 21 heavy (non-hydrogen) atoms. The molecule has 106 valence electrons. The molecule has 2 aromatic carbocycles. The summed E-state index contributed by atoms with van der Waals surface area (Å²) < 4.78 is 5.43. The highest BCUT2D eigenvalue weighted by molar-refractivity contribution is 5.85. The highest BCUT2D eigenvalue weighted by atomic mass is 16.3. The van der Waals surface area contributed by atoms with Gasteiger partial charge in [0.15, 0.2) is 11.5 Å². The molecule has 5 nitrogen and oxygen atoms in total. The van der Waals surface area contributed by atoms with Crippen LogP contribution in [0.25, 0.3) is 11.1 Å². The number of aryl methyl sites for hydroxylation is 1. The highest BCUT2D eigenvalue weighted by Gasteiger charge is 2.17. The summed E-state index contributed by atoms with van der Waals surface area (Å²) >= 11 is 0. The number of rotatable bonds is 4. The van der Waals surface area contributed by atoms with Crippen molar-refractivity contribution in [1.29, 1.82) is 0 Å². The zero-order valence-corrected chi connectivity index (χ0v) is 11.5. The Morgan fingerprint density at radius 3 is 2.71 bits per heavy atom. The number of hydrogen-bond donors (Lipinski definition) is 2. The molecule has 1 atom stereocenters. The van der Waals surface area contributed by atoms with E-state index in [1.54, 1.807) is 6.92 Å². The van der Waals surface area contributed by atoms with Crippen molar-refractivity contribution >= 4 is 22.7 Å². The SMILES string of the molecule is Cc1nc2cc(NC(C(N)=O)c3ccccc3)ccc2o1. The van der Waals surface area contributed by atoms with E-state index in [9.17, 15) is 4.79 Å². The van der Waals surface area contributed by atoms with Crippen LogP contribution in [0.1, 0.15) is 17.5 Å². The fourth-order valence-corrected chi connectivity index (χ4v) is 2.26. The number of anilines is 1. The zero-order valence-electron chi connectivity index (χ0n) is 11.5. The first-order valence-electron chi connectivity index (χ1n) is 6.61. The first-order valence-corrected chi connectivity index (χ1v) is 6.61. The van der Waals surface area contributed by atoms with E-state index < -0.39 is 11.9 Å². The molecule has 0 bridgehead atoms. The first-order chi connectivity index (χ1) is 10.1. The normalized spacial score (nSPS) is 12.2. The van der Waals surface area contributed by atoms with Crippen molar-refractivity contribution in [2.45, 2.75) is 13.0 Å². The number of nitrogens with two attached hydrogens (primary N) is 1. The Bertz CT molecular complexity index is 781. The van der Waals surface area contributed by atoms with Crippen molar-refractivity contribution in [2.24, 2.45) is 5.73 Å². The second-order valence-corrected chi connectivity index (χ2v) is 4.81. The Hall–Kier alpha value is -2.82. The molecule has 3 rings (SSSR count). The van der Waals surface area contributed by atoms with Crippen LogP contribution in [0.3, 0.4) is 0 Å². The molecule has 0 saturated heterocycles. The predicted molar refractivity (Wildman–Crippen MR) is 80.7 cm³/mol. The van der Waals surface area contributed by atoms with Gasteiger partial charge in [0.2, 0.25) is 5.91 Å². The van der Waals surface area contributed by atoms with Crippen LogP contribution in [-0.4, -0.2) is 10.9 Å². The molecule has 0 aliphatic carbocycles. The van der Waals surface area contributed by atoms with Gasteiger partial charge in [-0.25, -0.2) is 4.98 Å². The van der Waals surface area contributed by atoms with Gasteiger partial charge < -0.3 is 15.5 Å². The van der Waals surface area contributed by atoms with Gasteiger partial charge in [-0.05, 0) is 23.8 Å². The Kier molecular flexibility index (Phi) is 3.31. The minimum atomic E-state index is -0.586. The Morgan fingerprint density at radius 2 is 2.00 bits per heavy atom. The summed E-state index contributed by atoms with van der Waals surface area (Å²) in [6.07, 6.45) is 0. The van der Waals surface area contributed by atoms with Crippen molar-refractivity contribution in [3.63, 3.8) is 0 Å². The second kappa shape index (κ2) is 5.28. The lowest BCUT2D eigenvalue weighted by Gasteiger charge is -2.17. The number of benzene rings is 2. The third-order valence-corrected chi connectivity index (χ3v) is 3.22. The number of nitrogens with one attached hydrogen (secondary N) is 1. The van der Waals surface area contributed by atoms with Crippen LogP contribution in [0.4, 0.5) is 5.69 Å². The van der Waals surface area contributed by atoms with Crippen LogP contribution >= 0.6 is 0 Å². The molecule has 0 saturated carbocycles. The van der Waals surface area contributed by atoms with E-state index in [4.69, 9.17) is 10.2 Å². The van der Waals surface area contributed by atoms with Crippen LogP contribution in [0.15, 0.2) is 52.9 Å². The smallest absolute Gasteiger partial charge is 0.244 e. The second-order valence-electron chi connectivity index (χ2n) is 4.81. The van der Waals surface area contributed by atoms with Crippen LogP contribution < -0.4 is 11.1 Å². The minimum Gasteiger partial charge on any atom is -0.441 e. The summed E-state index contributed by atoms with van der Waals surface area (Å²) in [7, 11) is 0. The largest absolute Gasteiger partial charge is 0.441 e. The zero-order chi connectivity index (χ0) is 14.8. The third-order valence-electron chi connectivity index (χ3n) is 3.22. The topological polar surface area (TPSA) is 81.1 Å². The maximum atomic E-state index is 11.7. The van der Waals surface area contributed by atoms with Gasteiger partial charge in [0.1, 0.15) is 11.6 Å². The fraction of sp³-hybridized carbons (Fsp3) is 0.125. The molecule has 3 aromatic rings. The number of oxazole rings is 1. The summed E-state index contributed by atoms with van der Waals surface area (Å²) in [5.41, 5.74) is 8.55. The molecule has 1 heterocycles. The molecule has 1 aromatic heterocycles. The van der Waals surface area contributed by atoms with Crippen LogP contribution in [0.2, 0.25) is 0 Å². The summed E-state index contributed by atoms with van der Waals surface area (Å²) in [6.45, 7) is 1.79. The van der Waals surface area contributed by atoms with Crippen molar-refractivity contribution in [3.8, 4) is 0 Å². The molecule has 1 unspecified atom stereocenters. The van der Waals surface area contributed by atoms with Gasteiger partial charge in [0.05, 0.1) is 0 Å². The lowest BCUT2D eigenvalue weighted by atomic mass is 10.1. The molecule has 3 N–H and O–H groups in total. The number of primary amides is 1. The van der Waals surface area contributed by atoms with Crippen molar-refractivity contribution in [3.05, 3.63) is 60.0 Å². The summed E-state index contributed by atoms with van der Waals surface area (Å²) in [5, 5.41) is 3.14. The maximum Gasteiger partial charge on any atom is 0.244 e. The molecule has 5 heteroatoms. The fourth-order valence-electron chi connectivity index (χ4n) is 2.26. The first kappa shape index (κ1) is 13.2.